The Balaban J connectivity index is 1.96. The summed E-state index contributed by atoms with van der Waals surface area (Å²) in [7, 11) is 0. The summed E-state index contributed by atoms with van der Waals surface area (Å²) in [6.45, 7) is 0. The van der Waals surface area contributed by atoms with Crippen molar-refractivity contribution >= 4 is 11.8 Å². The first-order valence-electron chi connectivity index (χ1n) is 5.15. The summed E-state index contributed by atoms with van der Waals surface area (Å²) >= 11 is 2.01. The van der Waals surface area contributed by atoms with E-state index in [0.29, 0.717) is 5.25 Å². The van der Waals surface area contributed by atoms with E-state index in [9.17, 15) is 5.11 Å². The maximum absolute atomic E-state index is 10.3. The van der Waals surface area contributed by atoms with Crippen LogP contribution in [0.1, 0.15) is 44.9 Å². The Morgan fingerprint density at radius 3 is 2.42 bits per heavy atom. The van der Waals surface area contributed by atoms with E-state index < -0.39 is 0 Å². The van der Waals surface area contributed by atoms with Gasteiger partial charge in [0.25, 0.3) is 0 Å². The molecule has 1 aliphatic heterocycles. The quantitative estimate of drug-likeness (QED) is 0.679. The van der Waals surface area contributed by atoms with Crippen molar-refractivity contribution in [2.75, 3.05) is 5.75 Å². The molecule has 0 aromatic heterocycles. The van der Waals surface area contributed by atoms with Gasteiger partial charge in [0.05, 0.1) is 5.60 Å². The third-order valence-electron chi connectivity index (χ3n) is 3.25. The van der Waals surface area contributed by atoms with Gasteiger partial charge in [0, 0.05) is 5.25 Å². The van der Waals surface area contributed by atoms with Crippen LogP contribution in [0.2, 0.25) is 0 Å². The lowest BCUT2D eigenvalue weighted by atomic mass is 9.93. The van der Waals surface area contributed by atoms with Crippen molar-refractivity contribution in [1.82, 2.24) is 0 Å². The molecular weight excluding hydrogens is 168 g/mol. The van der Waals surface area contributed by atoms with Gasteiger partial charge < -0.3 is 5.11 Å². The van der Waals surface area contributed by atoms with Crippen LogP contribution in [0.3, 0.4) is 0 Å². The zero-order chi connectivity index (χ0) is 8.44. The summed E-state index contributed by atoms with van der Waals surface area (Å²) in [6.07, 6.45) is 8.55. The molecule has 0 amide bonds. The zero-order valence-corrected chi connectivity index (χ0v) is 8.41. The molecule has 1 aliphatic carbocycles. The van der Waals surface area contributed by atoms with E-state index in [-0.39, 0.29) is 5.60 Å². The standard InChI is InChI=1S/C10H18OS/c11-10(6-2-3-7-10)9-5-1-4-8-12-9/h9,11H,1-8H2. The van der Waals surface area contributed by atoms with Crippen LogP contribution < -0.4 is 0 Å². The Labute approximate surface area is 78.9 Å². The van der Waals surface area contributed by atoms with E-state index in [2.05, 4.69) is 0 Å². The van der Waals surface area contributed by atoms with Crippen LogP contribution in [0.25, 0.3) is 0 Å². The smallest absolute Gasteiger partial charge is 0.0765 e. The van der Waals surface area contributed by atoms with Crippen LogP contribution in [0.4, 0.5) is 0 Å². The van der Waals surface area contributed by atoms with Crippen LogP contribution in [0, 0.1) is 0 Å². The van der Waals surface area contributed by atoms with Gasteiger partial charge in [-0.3, -0.25) is 0 Å². The molecular formula is C10H18OS. The van der Waals surface area contributed by atoms with Crippen LogP contribution >= 0.6 is 11.8 Å². The molecule has 2 heteroatoms. The molecule has 0 aromatic carbocycles. The van der Waals surface area contributed by atoms with Crippen molar-refractivity contribution in [2.45, 2.75) is 55.8 Å². The Hall–Kier alpha value is 0.310. The summed E-state index contributed by atoms with van der Waals surface area (Å²) in [5.74, 6) is 1.27. The van der Waals surface area contributed by atoms with E-state index in [4.69, 9.17) is 0 Å². The van der Waals surface area contributed by atoms with Crippen molar-refractivity contribution < 1.29 is 5.11 Å². The van der Waals surface area contributed by atoms with Gasteiger partial charge in [-0.25, -0.2) is 0 Å². The second-order valence-corrected chi connectivity index (χ2v) is 5.48. The monoisotopic (exact) mass is 186 g/mol. The van der Waals surface area contributed by atoms with Gasteiger partial charge in [-0.15, -0.1) is 0 Å². The van der Waals surface area contributed by atoms with Crippen molar-refractivity contribution in [3.63, 3.8) is 0 Å². The lowest BCUT2D eigenvalue weighted by molar-refractivity contribution is 0.0417. The molecule has 1 N–H and O–H groups in total. The lowest BCUT2D eigenvalue weighted by Gasteiger charge is -2.34. The lowest BCUT2D eigenvalue weighted by Crippen LogP contribution is -2.38. The van der Waals surface area contributed by atoms with E-state index in [1.807, 2.05) is 11.8 Å². The fourth-order valence-electron chi connectivity index (χ4n) is 2.47. The number of rotatable bonds is 1. The molecule has 2 aliphatic rings. The predicted molar refractivity (Wildman–Crippen MR) is 53.5 cm³/mol. The summed E-state index contributed by atoms with van der Waals surface area (Å²) < 4.78 is 0. The third-order valence-corrected chi connectivity index (χ3v) is 4.85. The Morgan fingerprint density at radius 1 is 1.08 bits per heavy atom. The SMILES string of the molecule is OC1(C2CCCCS2)CCCC1. The zero-order valence-electron chi connectivity index (χ0n) is 7.59. The highest BCUT2D eigenvalue weighted by molar-refractivity contribution is 8.00. The van der Waals surface area contributed by atoms with Gasteiger partial charge >= 0.3 is 0 Å². The molecule has 0 bridgehead atoms. The molecule has 2 fully saturated rings. The molecule has 0 radical (unpaired) electrons. The fraction of sp³-hybridized carbons (Fsp3) is 1.00. The minimum Gasteiger partial charge on any atom is -0.389 e. The highest BCUT2D eigenvalue weighted by atomic mass is 32.2. The maximum Gasteiger partial charge on any atom is 0.0765 e. The Morgan fingerprint density at radius 2 is 1.83 bits per heavy atom. The van der Waals surface area contributed by atoms with Crippen molar-refractivity contribution in [2.24, 2.45) is 0 Å². The van der Waals surface area contributed by atoms with Crippen molar-refractivity contribution in [3.8, 4) is 0 Å². The molecule has 0 aromatic rings. The van der Waals surface area contributed by atoms with E-state index in [1.54, 1.807) is 0 Å². The van der Waals surface area contributed by atoms with E-state index in [1.165, 1.54) is 37.9 Å². The maximum atomic E-state index is 10.3. The average molecular weight is 186 g/mol. The third kappa shape index (κ3) is 1.64. The minimum absolute atomic E-state index is 0.273. The van der Waals surface area contributed by atoms with Gasteiger partial charge in [-0.2, -0.15) is 11.8 Å². The second kappa shape index (κ2) is 3.59. The van der Waals surface area contributed by atoms with Crippen LogP contribution in [0.5, 0.6) is 0 Å². The molecule has 0 spiro atoms. The first kappa shape index (κ1) is 8.89. The minimum atomic E-state index is -0.273. The van der Waals surface area contributed by atoms with Gasteiger partial charge in [0.15, 0.2) is 0 Å². The highest BCUT2D eigenvalue weighted by Crippen LogP contribution is 2.42. The first-order chi connectivity index (χ1) is 5.81. The fourth-order valence-corrected chi connectivity index (χ4v) is 4.01. The molecule has 2 rings (SSSR count). The summed E-state index contributed by atoms with van der Waals surface area (Å²) in [4.78, 5) is 0. The summed E-state index contributed by atoms with van der Waals surface area (Å²) in [5, 5.41) is 10.9. The van der Waals surface area contributed by atoms with E-state index >= 15 is 0 Å². The molecule has 1 heterocycles. The van der Waals surface area contributed by atoms with Gasteiger partial charge in [0.2, 0.25) is 0 Å². The predicted octanol–water partition coefficient (Wildman–Crippen LogP) is 2.58. The van der Waals surface area contributed by atoms with Crippen LogP contribution in [-0.4, -0.2) is 21.7 Å². The molecule has 1 saturated heterocycles. The Bertz CT molecular complexity index is 146. The largest absolute Gasteiger partial charge is 0.389 e. The summed E-state index contributed by atoms with van der Waals surface area (Å²) in [6, 6.07) is 0. The van der Waals surface area contributed by atoms with Crippen molar-refractivity contribution in [3.05, 3.63) is 0 Å². The highest BCUT2D eigenvalue weighted by Gasteiger charge is 2.39. The molecule has 70 valence electrons. The number of aliphatic hydroxyl groups is 1. The number of hydrogen-bond donors (Lipinski definition) is 1. The van der Waals surface area contributed by atoms with Gasteiger partial charge in [0.1, 0.15) is 0 Å². The van der Waals surface area contributed by atoms with E-state index in [0.717, 1.165) is 12.8 Å². The van der Waals surface area contributed by atoms with Crippen LogP contribution in [-0.2, 0) is 0 Å². The second-order valence-electron chi connectivity index (χ2n) is 4.17. The Kier molecular flexibility index (Phi) is 2.66. The first-order valence-corrected chi connectivity index (χ1v) is 6.20. The number of hydrogen-bond acceptors (Lipinski definition) is 2. The van der Waals surface area contributed by atoms with Crippen molar-refractivity contribution in [1.29, 1.82) is 0 Å². The molecule has 1 unspecified atom stereocenters. The molecule has 1 atom stereocenters. The average Bonchev–Trinajstić information content (AvgIpc) is 2.55. The topological polar surface area (TPSA) is 20.2 Å². The van der Waals surface area contributed by atoms with Gasteiger partial charge in [-0.05, 0) is 31.4 Å². The summed E-state index contributed by atoms with van der Waals surface area (Å²) in [5.41, 5.74) is -0.273. The normalized spacial score (nSPS) is 35.2. The molecule has 1 nitrogen and oxygen atoms in total. The number of thioether (sulfide) groups is 1. The molecule has 1 saturated carbocycles. The van der Waals surface area contributed by atoms with Gasteiger partial charge in [-0.1, -0.05) is 19.3 Å². The molecule has 12 heavy (non-hydrogen) atoms. The van der Waals surface area contributed by atoms with Crippen LogP contribution in [0.15, 0.2) is 0 Å².